The summed E-state index contributed by atoms with van der Waals surface area (Å²) < 4.78 is 17.0. The van der Waals surface area contributed by atoms with Crippen LogP contribution in [-0.4, -0.2) is 49.3 Å². The number of nitrogens with zero attached hydrogens (tertiary/aromatic N) is 1. The fraction of sp³-hybridized carbons (Fsp3) is 0.435. The normalized spacial score (nSPS) is 19.6. The van der Waals surface area contributed by atoms with Crippen LogP contribution < -0.4 is 14.8 Å². The van der Waals surface area contributed by atoms with Crippen molar-refractivity contribution in [2.75, 3.05) is 31.6 Å². The van der Waals surface area contributed by atoms with Gasteiger partial charge < -0.3 is 19.5 Å². The number of hydrogen-bond donors (Lipinski definition) is 1. The third-order valence-corrected chi connectivity index (χ3v) is 4.69. The Hall–Kier alpha value is -2.57. The summed E-state index contributed by atoms with van der Waals surface area (Å²) in [5.41, 5.74) is 1.89. The Kier molecular flexibility index (Phi) is 7.49. The van der Waals surface area contributed by atoms with E-state index in [1.54, 1.807) is 6.07 Å². The maximum atomic E-state index is 12.5. The van der Waals surface area contributed by atoms with Crippen LogP contribution in [0.2, 0.25) is 0 Å². The summed E-state index contributed by atoms with van der Waals surface area (Å²) >= 11 is 0. The number of nitrogens with one attached hydrogen (secondary N) is 1. The number of carbonyl (C=O) groups excluding carboxylic acids is 1. The van der Waals surface area contributed by atoms with Crippen LogP contribution in [0.5, 0.6) is 11.5 Å². The quantitative estimate of drug-likeness (QED) is 0.735. The Balaban J connectivity index is 1.60. The van der Waals surface area contributed by atoms with E-state index >= 15 is 0 Å². The lowest BCUT2D eigenvalue weighted by Gasteiger charge is -2.35. The van der Waals surface area contributed by atoms with E-state index in [9.17, 15) is 4.79 Å². The van der Waals surface area contributed by atoms with Crippen LogP contribution in [0.4, 0.5) is 5.69 Å². The highest BCUT2D eigenvalue weighted by atomic mass is 16.5. The Labute approximate surface area is 172 Å². The summed E-state index contributed by atoms with van der Waals surface area (Å²) in [7, 11) is 0. The van der Waals surface area contributed by atoms with Crippen LogP contribution in [0.1, 0.15) is 26.3 Å². The second-order valence-corrected chi connectivity index (χ2v) is 7.33. The number of benzene rings is 2. The predicted molar refractivity (Wildman–Crippen MR) is 113 cm³/mol. The zero-order valence-corrected chi connectivity index (χ0v) is 17.4. The van der Waals surface area contributed by atoms with Crippen molar-refractivity contribution in [3.63, 3.8) is 0 Å². The topological polar surface area (TPSA) is 60.0 Å². The van der Waals surface area contributed by atoms with Crippen LogP contribution in [0.3, 0.4) is 0 Å². The molecular weight excluding hydrogens is 368 g/mol. The lowest BCUT2D eigenvalue weighted by molar-refractivity contribution is -0.118. The van der Waals surface area contributed by atoms with Crippen molar-refractivity contribution >= 4 is 11.6 Å². The summed E-state index contributed by atoms with van der Waals surface area (Å²) in [6, 6.07) is 15.3. The van der Waals surface area contributed by atoms with E-state index in [4.69, 9.17) is 14.2 Å². The molecule has 0 aromatic heterocycles. The van der Waals surface area contributed by atoms with Crippen molar-refractivity contribution in [2.24, 2.45) is 0 Å². The van der Waals surface area contributed by atoms with Crippen LogP contribution in [0, 0.1) is 0 Å². The fourth-order valence-corrected chi connectivity index (χ4v) is 3.61. The number of morpholine rings is 1. The van der Waals surface area contributed by atoms with Gasteiger partial charge in [-0.3, -0.25) is 9.69 Å². The minimum absolute atomic E-state index is 0.0793. The zero-order valence-electron chi connectivity index (χ0n) is 17.4. The number of hydrogen-bond acceptors (Lipinski definition) is 5. The van der Waals surface area contributed by atoms with E-state index < -0.39 is 0 Å². The summed E-state index contributed by atoms with van der Waals surface area (Å²) in [6.45, 7) is 9.08. The minimum atomic E-state index is -0.201. The molecule has 2 atom stereocenters. The molecule has 6 nitrogen and oxygen atoms in total. The van der Waals surface area contributed by atoms with Gasteiger partial charge in [-0.25, -0.2) is 0 Å². The molecule has 6 heteroatoms. The lowest BCUT2D eigenvalue weighted by Crippen LogP contribution is -2.44. The van der Waals surface area contributed by atoms with Crippen molar-refractivity contribution in [1.82, 2.24) is 4.90 Å². The maximum absolute atomic E-state index is 12.5. The van der Waals surface area contributed by atoms with Crippen molar-refractivity contribution in [3.05, 3.63) is 54.1 Å². The highest BCUT2D eigenvalue weighted by Gasteiger charge is 2.23. The van der Waals surface area contributed by atoms with E-state index in [1.165, 1.54) is 0 Å². The first-order valence-corrected chi connectivity index (χ1v) is 10.1. The average molecular weight is 399 g/mol. The molecular formula is C23H30N2O4. The van der Waals surface area contributed by atoms with E-state index in [2.05, 4.69) is 24.1 Å². The van der Waals surface area contributed by atoms with Gasteiger partial charge in [0, 0.05) is 25.3 Å². The number of carbonyl (C=O) groups is 1. The average Bonchev–Trinajstić information content (AvgIpc) is 2.68. The van der Waals surface area contributed by atoms with Gasteiger partial charge in [0.15, 0.2) is 18.1 Å². The Morgan fingerprint density at radius 1 is 1.03 bits per heavy atom. The molecule has 1 amide bonds. The van der Waals surface area contributed by atoms with Crippen LogP contribution >= 0.6 is 0 Å². The fourth-order valence-electron chi connectivity index (χ4n) is 3.61. The molecule has 1 heterocycles. The van der Waals surface area contributed by atoms with Gasteiger partial charge in [0.2, 0.25) is 0 Å². The highest BCUT2D eigenvalue weighted by Crippen LogP contribution is 2.26. The minimum Gasteiger partial charge on any atom is -0.490 e. The van der Waals surface area contributed by atoms with E-state index in [0.29, 0.717) is 18.1 Å². The molecule has 2 aromatic rings. The number of amides is 1. The second-order valence-electron chi connectivity index (χ2n) is 7.33. The monoisotopic (exact) mass is 398 g/mol. The molecule has 0 aliphatic carbocycles. The third-order valence-electron chi connectivity index (χ3n) is 4.69. The van der Waals surface area contributed by atoms with Crippen molar-refractivity contribution in [3.8, 4) is 11.5 Å². The molecule has 1 aliphatic rings. The Morgan fingerprint density at radius 2 is 1.66 bits per heavy atom. The number of rotatable bonds is 8. The summed E-state index contributed by atoms with van der Waals surface area (Å²) in [4.78, 5) is 14.9. The van der Waals surface area contributed by atoms with Crippen LogP contribution in [-0.2, 0) is 16.1 Å². The molecule has 3 rings (SSSR count). The van der Waals surface area contributed by atoms with Crippen molar-refractivity contribution in [2.45, 2.75) is 39.5 Å². The van der Waals surface area contributed by atoms with Gasteiger partial charge in [0.1, 0.15) is 0 Å². The molecule has 2 aromatic carbocycles. The molecule has 29 heavy (non-hydrogen) atoms. The van der Waals surface area contributed by atoms with E-state index in [-0.39, 0.29) is 24.7 Å². The van der Waals surface area contributed by atoms with Crippen LogP contribution in [0.15, 0.2) is 48.5 Å². The van der Waals surface area contributed by atoms with Crippen LogP contribution in [0.25, 0.3) is 0 Å². The summed E-state index contributed by atoms with van der Waals surface area (Å²) in [5.74, 6) is 1.00. The highest BCUT2D eigenvalue weighted by molar-refractivity contribution is 5.92. The SMILES string of the molecule is CCOc1ccccc1OCC(=O)Nc1ccccc1CN1CC(C)OC(C)C1. The first-order chi connectivity index (χ1) is 14.0. The Morgan fingerprint density at radius 3 is 2.34 bits per heavy atom. The van der Waals surface area contributed by atoms with Gasteiger partial charge in [-0.15, -0.1) is 0 Å². The Bertz CT molecular complexity index is 801. The van der Waals surface area contributed by atoms with Crippen molar-refractivity contribution in [1.29, 1.82) is 0 Å². The molecule has 0 saturated carbocycles. The smallest absolute Gasteiger partial charge is 0.262 e. The van der Waals surface area contributed by atoms with Gasteiger partial charge >= 0.3 is 0 Å². The first kappa shape index (κ1) is 21.1. The molecule has 1 fully saturated rings. The largest absolute Gasteiger partial charge is 0.490 e. The van der Waals surface area contributed by atoms with E-state index in [0.717, 1.165) is 30.9 Å². The molecule has 0 spiro atoms. The molecule has 1 N–H and O–H groups in total. The molecule has 0 radical (unpaired) electrons. The van der Waals surface area contributed by atoms with Gasteiger partial charge in [0.05, 0.1) is 18.8 Å². The second kappa shape index (κ2) is 10.3. The molecule has 0 bridgehead atoms. The zero-order chi connectivity index (χ0) is 20.6. The molecule has 2 unspecified atom stereocenters. The van der Waals surface area contributed by atoms with Gasteiger partial charge in [0.25, 0.3) is 5.91 Å². The third kappa shape index (κ3) is 6.21. The number of anilines is 1. The number of ether oxygens (including phenoxy) is 3. The van der Waals surface area contributed by atoms with Crippen molar-refractivity contribution < 1.29 is 19.0 Å². The lowest BCUT2D eigenvalue weighted by atomic mass is 10.1. The van der Waals surface area contributed by atoms with E-state index in [1.807, 2.05) is 49.4 Å². The van der Waals surface area contributed by atoms with Gasteiger partial charge in [-0.05, 0) is 44.5 Å². The molecule has 1 aliphatic heterocycles. The molecule has 1 saturated heterocycles. The standard InChI is InChI=1S/C23H30N2O4/c1-4-27-21-11-7-8-12-22(21)28-16-23(26)24-20-10-6-5-9-19(20)15-25-13-17(2)29-18(3)14-25/h5-12,17-18H,4,13-16H2,1-3H3,(H,24,26). The first-order valence-electron chi connectivity index (χ1n) is 10.1. The number of para-hydroxylation sites is 3. The molecule has 156 valence electrons. The predicted octanol–water partition coefficient (Wildman–Crippen LogP) is 3.71. The maximum Gasteiger partial charge on any atom is 0.262 e. The van der Waals surface area contributed by atoms with Gasteiger partial charge in [-0.1, -0.05) is 30.3 Å². The van der Waals surface area contributed by atoms with Gasteiger partial charge in [-0.2, -0.15) is 0 Å². The summed E-state index contributed by atoms with van der Waals surface area (Å²) in [5, 5.41) is 2.98. The summed E-state index contributed by atoms with van der Waals surface area (Å²) in [6.07, 6.45) is 0.415.